The number of rotatable bonds is 7. The van der Waals surface area contributed by atoms with Crippen LogP contribution in [-0.4, -0.2) is 30.8 Å². The van der Waals surface area contributed by atoms with Crippen LogP contribution in [0.15, 0.2) is 22.7 Å². The van der Waals surface area contributed by atoms with E-state index in [0.29, 0.717) is 17.2 Å². The highest BCUT2D eigenvalue weighted by molar-refractivity contribution is 7.17. The zero-order valence-electron chi connectivity index (χ0n) is 15.4. The first-order chi connectivity index (χ1) is 13.1. The lowest BCUT2D eigenvalue weighted by molar-refractivity contribution is -0.120. The van der Waals surface area contributed by atoms with Gasteiger partial charge in [-0.2, -0.15) is 0 Å². The van der Waals surface area contributed by atoms with E-state index in [4.69, 9.17) is 9.57 Å². The van der Waals surface area contributed by atoms with Crippen molar-refractivity contribution < 1.29 is 19.2 Å². The van der Waals surface area contributed by atoms with Crippen LogP contribution in [0.4, 0.5) is 5.00 Å². The number of nitrogens with one attached hydrogen (secondary N) is 1. The molecule has 6 nitrogen and oxygen atoms in total. The topological polar surface area (TPSA) is 77.0 Å². The summed E-state index contributed by atoms with van der Waals surface area (Å²) in [6.07, 6.45) is 3.92. The fraction of sp³-hybridized carbons (Fsp3) is 0.421. The minimum atomic E-state index is -0.375. The first-order valence-corrected chi connectivity index (χ1v) is 10.6. The molecule has 1 N–H and O–H groups in total. The maximum absolute atomic E-state index is 12.4. The minimum absolute atomic E-state index is 0.215. The molecule has 0 atom stereocenters. The largest absolute Gasteiger partial charge is 0.462 e. The lowest BCUT2D eigenvalue weighted by Gasteiger charge is -2.12. The molecule has 27 heavy (non-hydrogen) atoms. The number of hydrogen-bond donors (Lipinski definition) is 1. The second kappa shape index (κ2) is 9.14. The molecule has 0 saturated carbocycles. The Bertz CT molecular complexity index is 840. The van der Waals surface area contributed by atoms with Crippen molar-refractivity contribution in [3.8, 4) is 0 Å². The molecule has 0 saturated heterocycles. The number of hydrogen-bond acceptors (Lipinski definition) is 7. The van der Waals surface area contributed by atoms with E-state index in [9.17, 15) is 9.59 Å². The molecule has 2 aromatic heterocycles. The summed E-state index contributed by atoms with van der Waals surface area (Å²) in [5.74, 6) is -0.721. The van der Waals surface area contributed by atoms with Crippen LogP contribution < -0.4 is 5.32 Å². The number of amides is 1. The quantitative estimate of drug-likeness (QED) is 0.424. The van der Waals surface area contributed by atoms with Gasteiger partial charge in [0.1, 0.15) is 5.00 Å². The molecule has 144 valence electrons. The highest BCUT2D eigenvalue weighted by Crippen LogP contribution is 2.38. The van der Waals surface area contributed by atoms with E-state index < -0.39 is 0 Å². The predicted molar refractivity (Wildman–Crippen MR) is 108 cm³/mol. The van der Waals surface area contributed by atoms with Crippen LogP contribution in [0.3, 0.4) is 0 Å². The number of aryl methyl sites for hydroxylation is 1. The molecule has 1 amide bonds. The standard InChI is InChI=1S/C19H22N2O4S2/c1-3-24-19(23)17-13-7-4-5-8-15(13)27-18(17)20-16(22)11-25-21-12(2)14-9-6-10-26-14/h6,9-10H,3-5,7-8,11H2,1-2H3,(H,20,22)/b21-12-. The van der Waals surface area contributed by atoms with Crippen molar-refractivity contribution in [2.75, 3.05) is 18.5 Å². The number of carbonyl (C=O) groups is 2. The molecule has 1 aliphatic carbocycles. The van der Waals surface area contributed by atoms with E-state index in [-0.39, 0.29) is 18.5 Å². The van der Waals surface area contributed by atoms with Gasteiger partial charge in [0.2, 0.25) is 0 Å². The Kier molecular flexibility index (Phi) is 6.63. The molecule has 0 radical (unpaired) electrons. The molecule has 0 spiro atoms. The molecule has 1 aliphatic rings. The number of fused-ring (bicyclic) bond motifs is 1. The van der Waals surface area contributed by atoms with Crippen LogP contribution in [0, 0.1) is 0 Å². The van der Waals surface area contributed by atoms with Crippen LogP contribution in [-0.2, 0) is 27.2 Å². The number of carbonyl (C=O) groups excluding carboxylic acids is 2. The summed E-state index contributed by atoms with van der Waals surface area (Å²) in [6, 6.07) is 3.87. The maximum atomic E-state index is 12.4. The zero-order chi connectivity index (χ0) is 19.2. The SMILES string of the molecule is CCOC(=O)c1c(NC(=O)CO/N=C(/C)c2cccs2)sc2c1CCCC2. The number of esters is 1. The van der Waals surface area contributed by atoms with Gasteiger partial charge >= 0.3 is 5.97 Å². The van der Waals surface area contributed by atoms with Crippen molar-refractivity contribution in [1.82, 2.24) is 0 Å². The summed E-state index contributed by atoms with van der Waals surface area (Å²) in [5.41, 5.74) is 2.24. The molecule has 2 aromatic rings. The van der Waals surface area contributed by atoms with Crippen molar-refractivity contribution in [2.45, 2.75) is 39.5 Å². The number of anilines is 1. The van der Waals surface area contributed by atoms with Crippen molar-refractivity contribution in [1.29, 1.82) is 0 Å². The summed E-state index contributed by atoms with van der Waals surface area (Å²) < 4.78 is 5.19. The molecule has 3 rings (SSSR count). The fourth-order valence-corrected chi connectivity index (χ4v) is 4.92. The van der Waals surface area contributed by atoms with Gasteiger partial charge in [0.15, 0.2) is 6.61 Å². The van der Waals surface area contributed by atoms with E-state index in [1.165, 1.54) is 11.3 Å². The van der Waals surface area contributed by atoms with Crippen LogP contribution in [0.1, 0.15) is 52.4 Å². The normalized spacial score (nSPS) is 13.8. The van der Waals surface area contributed by atoms with Gasteiger partial charge in [-0.15, -0.1) is 22.7 Å². The zero-order valence-corrected chi connectivity index (χ0v) is 17.0. The third-order valence-electron chi connectivity index (χ3n) is 4.18. The van der Waals surface area contributed by atoms with E-state index in [1.54, 1.807) is 18.3 Å². The Labute approximate surface area is 166 Å². The molecule has 8 heteroatoms. The highest BCUT2D eigenvalue weighted by Gasteiger charge is 2.27. The van der Waals surface area contributed by atoms with E-state index in [1.807, 2.05) is 24.4 Å². The van der Waals surface area contributed by atoms with Gasteiger partial charge in [-0.05, 0) is 56.5 Å². The summed E-state index contributed by atoms with van der Waals surface area (Å²) in [4.78, 5) is 32.0. The summed E-state index contributed by atoms with van der Waals surface area (Å²) in [5, 5.41) is 9.28. The Morgan fingerprint density at radius 1 is 1.30 bits per heavy atom. The van der Waals surface area contributed by atoms with E-state index in [0.717, 1.165) is 46.7 Å². The van der Waals surface area contributed by atoms with Gasteiger partial charge in [0, 0.05) is 4.88 Å². The Balaban J connectivity index is 1.67. The van der Waals surface area contributed by atoms with Crippen LogP contribution in [0.5, 0.6) is 0 Å². The van der Waals surface area contributed by atoms with Crippen molar-refractivity contribution >= 4 is 45.3 Å². The average molecular weight is 407 g/mol. The Morgan fingerprint density at radius 2 is 2.11 bits per heavy atom. The van der Waals surface area contributed by atoms with E-state index in [2.05, 4.69) is 10.5 Å². The van der Waals surface area contributed by atoms with Crippen LogP contribution in [0.2, 0.25) is 0 Å². The first-order valence-electron chi connectivity index (χ1n) is 8.92. The Hall–Kier alpha value is -2.19. The van der Waals surface area contributed by atoms with Crippen LogP contribution >= 0.6 is 22.7 Å². The van der Waals surface area contributed by atoms with Crippen molar-refractivity contribution in [2.24, 2.45) is 5.16 Å². The van der Waals surface area contributed by atoms with Gasteiger partial charge in [-0.3, -0.25) is 4.79 Å². The monoisotopic (exact) mass is 406 g/mol. The first kappa shape index (κ1) is 19.6. The van der Waals surface area contributed by atoms with Crippen LogP contribution in [0.25, 0.3) is 0 Å². The van der Waals surface area contributed by atoms with Gasteiger partial charge in [0.05, 0.1) is 22.8 Å². The lowest BCUT2D eigenvalue weighted by Crippen LogP contribution is -2.19. The third-order valence-corrected chi connectivity index (χ3v) is 6.36. The molecular formula is C19H22N2O4S2. The highest BCUT2D eigenvalue weighted by atomic mass is 32.1. The van der Waals surface area contributed by atoms with Gasteiger partial charge in [0.25, 0.3) is 5.91 Å². The minimum Gasteiger partial charge on any atom is -0.462 e. The maximum Gasteiger partial charge on any atom is 0.341 e. The van der Waals surface area contributed by atoms with Gasteiger partial charge in [-0.1, -0.05) is 11.2 Å². The molecule has 0 aliphatic heterocycles. The number of nitrogens with zero attached hydrogens (tertiary/aromatic N) is 1. The molecule has 0 aromatic carbocycles. The van der Waals surface area contributed by atoms with Crippen molar-refractivity contribution in [3.63, 3.8) is 0 Å². The third kappa shape index (κ3) is 4.75. The molecular weight excluding hydrogens is 384 g/mol. The summed E-state index contributed by atoms with van der Waals surface area (Å²) in [6.45, 7) is 3.69. The average Bonchev–Trinajstić information content (AvgIpc) is 3.29. The second-order valence-corrected chi connectivity index (χ2v) is 8.16. The number of ether oxygens (including phenoxy) is 1. The van der Waals surface area contributed by atoms with Gasteiger partial charge < -0.3 is 14.9 Å². The molecule has 0 bridgehead atoms. The van der Waals surface area contributed by atoms with E-state index >= 15 is 0 Å². The fourth-order valence-electron chi connectivity index (χ4n) is 2.95. The summed E-state index contributed by atoms with van der Waals surface area (Å²) >= 11 is 3.02. The second-order valence-electron chi connectivity index (χ2n) is 6.11. The van der Waals surface area contributed by atoms with Crippen molar-refractivity contribution in [3.05, 3.63) is 38.4 Å². The number of thiophene rings is 2. The van der Waals surface area contributed by atoms with Gasteiger partial charge in [-0.25, -0.2) is 4.79 Å². The predicted octanol–water partition coefficient (Wildman–Crippen LogP) is 4.24. The smallest absolute Gasteiger partial charge is 0.341 e. The Morgan fingerprint density at radius 3 is 2.85 bits per heavy atom. The molecule has 2 heterocycles. The number of oxime groups is 1. The lowest BCUT2D eigenvalue weighted by atomic mass is 9.95. The molecule has 0 unspecified atom stereocenters. The molecule has 0 fully saturated rings. The summed E-state index contributed by atoms with van der Waals surface area (Å²) in [7, 11) is 0.